The van der Waals surface area contributed by atoms with Crippen molar-refractivity contribution in [3.8, 4) is 0 Å². The zero-order valence-electron chi connectivity index (χ0n) is 15.0. The summed E-state index contributed by atoms with van der Waals surface area (Å²) in [5.74, 6) is 0.375. The van der Waals surface area contributed by atoms with Gasteiger partial charge in [-0.2, -0.15) is 0 Å². The van der Waals surface area contributed by atoms with Crippen molar-refractivity contribution in [2.45, 2.75) is 46.1 Å². The molecule has 5 N–H and O–H groups in total. The second-order valence-electron chi connectivity index (χ2n) is 7.49. The summed E-state index contributed by atoms with van der Waals surface area (Å²) in [4.78, 5) is 19.8. The lowest BCUT2D eigenvalue weighted by Gasteiger charge is -2.42. The number of primary amides is 1. The molecule has 1 fully saturated rings. The first-order valence-corrected chi connectivity index (χ1v) is 9.51. The number of nitrogens with zero attached hydrogens (tertiary/aromatic N) is 2. The van der Waals surface area contributed by atoms with Crippen LogP contribution in [0.4, 0.5) is 11.5 Å². The van der Waals surface area contributed by atoms with Gasteiger partial charge in [-0.3, -0.25) is 4.79 Å². The Morgan fingerprint density at radius 3 is 2.84 bits per heavy atom. The van der Waals surface area contributed by atoms with Gasteiger partial charge in [-0.05, 0) is 24.5 Å². The first-order chi connectivity index (χ1) is 11.7. The molecule has 1 aliphatic rings. The van der Waals surface area contributed by atoms with Crippen molar-refractivity contribution in [1.29, 1.82) is 0 Å². The topological polar surface area (TPSA) is 105 Å². The molecular weight excluding hydrogens is 336 g/mol. The molecule has 136 valence electrons. The summed E-state index contributed by atoms with van der Waals surface area (Å²) >= 11 is 1.26. The van der Waals surface area contributed by atoms with Crippen LogP contribution < -0.4 is 16.4 Å². The zero-order chi connectivity index (χ0) is 18.4. The summed E-state index contributed by atoms with van der Waals surface area (Å²) in [6.45, 7) is 7.76. The maximum absolute atomic E-state index is 11.7. The highest BCUT2D eigenvalue weighted by Crippen LogP contribution is 2.38. The average Bonchev–Trinajstić information content (AvgIpc) is 2.87. The van der Waals surface area contributed by atoms with Crippen LogP contribution in [0.5, 0.6) is 0 Å². The number of carbonyl (C=O) groups is 1. The molecule has 3 rings (SSSR count). The summed E-state index contributed by atoms with van der Waals surface area (Å²) < 4.78 is 0. The molecular formula is C18H26N4O2S. The number of aryl methyl sites for hydroxylation is 1. The number of hydrogen-bond acceptors (Lipinski definition) is 6. The molecule has 0 spiro atoms. The number of aliphatic hydroxyl groups is 1. The number of carbonyl (C=O) groups excluding carboxylic acids is 1. The van der Waals surface area contributed by atoms with E-state index in [4.69, 9.17) is 16.5 Å². The van der Waals surface area contributed by atoms with Gasteiger partial charge in [0, 0.05) is 23.9 Å². The Morgan fingerprint density at radius 2 is 2.24 bits per heavy atom. The highest BCUT2D eigenvalue weighted by Gasteiger charge is 2.35. The third kappa shape index (κ3) is 3.18. The van der Waals surface area contributed by atoms with Crippen molar-refractivity contribution in [3.63, 3.8) is 0 Å². The molecule has 6 nitrogen and oxygen atoms in total. The summed E-state index contributed by atoms with van der Waals surface area (Å²) in [6.07, 6.45) is 2.26. The highest BCUT2D eigenvalue weighted by atomic mass is 32.1. The predicted molar refractivity (Wildman–Crippen MR) is 103 cm³/mol. The molecule has 0 saturated carbocycles. The predicted octanol–water partition coefficient (Wildman–Crippen LogP) is 2.53. The number of nitrogens with two attached hydrogens (primary N) is 2. The number of piperidine rings is 1. The molecule has 2 aromatic rings. The van der Waals surface area contributed by atoms with E-state index in [0.29, 0.717) is 10.6 Å². The molecule has 1 atom stereocenters. The summed E-state index contributed by atoms with van der Waals surface area (Å²) in [5, 5.41) is 11.1. The van der Waals surface area contributed by atoms with Gasteiger partial charge in [0.1, 0.15) is 15.5 Å². The average molecular weight is 362 g/mol. The van der Waals surface area contributed by atoms with Crippen molar-refractivity contribution in [2.75, 3.05) is 23.7 Å². The zero-order valence-corrected chi connectivity index (χ0v) is 15.8. The second kappa shape index (κ2) is 6.46. The van der Waals surface area contributed by atoms with Gasteiger partial charge < -0.3 is 21.5 Å². The standard InChI is InChI=1S/C18H26N4O2S/c1-4-5-10-8-12(22-7-6-11(23)18(2,3)9-22)21-17-13(10)14(19)15(25-17)16(20)24/h8,11,23H,4-7,9,19H2,1-3H3,(H2,20,24). The minimum absolute atomic E-state index is 0.188. The van der Waals surface area contributed by atoms with Crippen LogP contribution in [-0.4, -0.2) is 35.2 Å². The van der Waals surface area contributed by atoms with Crippen LogP contribution in [0.3, 0.4) is 0 Å². The normalized spacial score (nSPS) is 20.2. The molecule has 1 amide bonds. The third-order valence-corrected chi connectivity index (χ3v) is 6.12. The molecule has 0 aromatic carbocycles. The van der Waals surface area contributed by atoms with E-state index in [1.54, 1.807) is 0 Å². The maximum atomic E-state index is 11.7. The van der Waals surface area contributed by atoms with E-state index >= 15 is 0 Å². The van der Waals surface area contributed by atoms with Gasteiger partial charge in [-0.1, -0.05) is 27.2 Å². The molecule has 0 aliphatic carbocycles. The molecule has 0 radical (unpaired) electrons. The van der Waals surface area contributed by atoms with E-state index in [1.165, 1.54) is 11.3 Å². The van der Waals surface area contributed by atoms with Crippen LogP contribution in [0.1, 0.15) is 48.8 Å². The number of amides is 1. The fourth-order valence-electron chi connectivity index (χ4n) is 3.54. The lowest BCUT2D eigenvalue weighted by molar-refractivity contribution is 0.0334. The van der Waals surface area contributed by atoms with Gasteiger partial charge in [-0.15, -0.1) is 11.3 Å². The molecule has 2 aromatic heterocycles. The fourth-order valence-corrected chi connectivity index (χ4v) is 4.53. The Kier molecular flexibility index (Phi) is 4.64. The van der Waals surface area contributed by atoms with E-state index in [-0.39, 0.29) is 11.5 Å². The van der Waals surface area contributed by atoms with Crippen LogP contribution in [-0.2, 0) is 6.42 Å². The van der Waals surface area contributed by atoms with E-state index in [0.717, 1.165) is 53.9 Å². The van der Waals surface area contributed by atoms with Crippen LogP contribution in [0.25, 0.3) is 10.2 Å². The number of hydrogen-bond donors (Lipinski definition) is 3. The first-order valence-electron chi connectivity index (χ1n) is 8.69. The molecule has 0 bridgehead atoms. The summed E-state index contributed by atoms with van der Waals surface area (Å²) in [7, 11) is 0. The maximum Gasteiger partial charge on any atom is 0.260 e. The smallest absolute Gasteiger partial charge is 0.260 e. The van der Waals surface area contributed by atoms with Gasteiger partial charge >= 0.3 is 0 Å². The van der Waals surface area contributed by atoms with Crippen molar-refractivity contribution in [1.82, 2.24) is 4.98 Å². The number of aromatic nitrogens is 1. The van der Waals surface area contributed by atoms with E-state index < -0.39 is 5.91 Å². The van der Waals surface area contributed by atoms with E-state index in [1.807, 2.05) is 0 Å². The molecule has 25 heavy (non-hydrogen) atoms. The van der Waals surface area contributed by atoms with Crippen LogP contribution >= 0.6 is 11.3 Å². The van der Waals surface area contributed by atoms with Crippen molar-refractivity contribution in [3.05, 3.63) is 16.5 Å². The minimum Gasteiger partial charge on any atom is -0.397 e. The molecule has 1 saturated heterocycles. The number of pyridine rings is 1. The van der Waals surface area contributed by atoms with Crippen LogP contribution in [0.2, 0.25) is 0 Å². The van der Waals surface area contributed by atoms with Gasteiger partial charge in [0.05, 0.1) is 11.8 Å². The Balaban J connectivity index is 2.09. The van der Waals surface area contributed by atoms with Gasteiger partial charge in [0.2, 0.25) is 0 Å². The molecule has 1 unspecified atom stereocenters. The Hall–Kier alpha value is -1.86. The lowest BCUT2D eigenvalue weighted by Crippen LogP contribution is -2.49. The number of rotatable bonds is 4. The van der Waals surface area contributed by atoms with Gasteiger partial charge in [0.25, 0.3) is 5.91 Å². The Labute approximate surface area is 151 Å². The second-order valence-corrected chi connectivity index (χ2v) is 8.49. The third-order valence-electron chi connectivity index (χ3n) is 5.01. The van der Waals surface area contributed by atoms with E-state index in [9.17, 15) is 9.90 Å². The van der Waals surface area contributed by atoms with Crippen LogP contribution in [0.15, 0.2) is 6.07 Å². The van der Waals surface area contributed by atoms with Gasteiger partial charge in [0.15, 0.2) is 0 Å². The fraction of sp³-hybridized carbons (Fsp3) is 0.556. The Morgan fingerprint density at radius 1 is 1.52 bits per heavy atom. The van der Waals surface area contributed by atoms with E-state index in [2.05, 4.69) is 31.7 Å². The van der Waals surface area contributed by atoms with Crippen molar-refractivity contribution in [2.24, 2.45) is 11.1 Å². The number of aliphatic hydroxyl groups excluding tert-OH is 1. The molecule has 1 aliphatic heterocycles. The Bertz CT molecular complexity index is 815. The monoisotopic (exact) mass is 362 g/mol. The lowest BCUT2D eigenvalue weighted by atomic mass is 9.81. The van der Waals surface area contributed by atoms with Crippen molar-refractivity contribution >= 4 is 39.0 Å². The number of thiophene rings is 1. The molecule has 7 heteroatoms. The number of nitrogen functional groups attached to an aromatic ring is 1. The summed E-state index contributed by atoms with van der Waals surface area (Å²) in [6, 6.07) is 2.08. The minimum atomic E-state index is -0.508. The largest absolute Gasteiger partial charge is 0.397 e. The van der Waals surface area contributed by atoms with Crippen molar-refractivity contribution < 1.29 is 9.90 Å². The van der Waals surface area contributed by atoms with Crippen LogP contribution in [0, 0.1) is 5.41 Å². The SMILES string of the molecule is CCCc1cc(N2CCC(O)C(C)(C)C2)nc2sc(C(N)=O)c(N)c12. The number of anilines is 2. The quantitative estimate of drug-likeness (QED) is 0.775. The molecule has 3 heterocycles. The summed E-state index contributed by atoms with van der Waals surface area (Å²) in [5.41, 5.74) is 13.0. The first kappa shape index (κ1) is 17.9. The van der Waals surface area contributed by atoms with Gasteiger partial charge in [-0.25, -0.2) is 4.98 Å². The number of fused-ring (bicyclic) bond motifs is 1. The highest BCUT2D eigenvalue weighted by molar-refractivity contribution is 7.21.